The normalized spacial score (nSPS) is 26.7. The first-order chi connectivity index (χ1) is 32.3. The van der Waals surface area contributed by atoms with Gasteiger partial charge in [0.1, 0.15) is 29.4 Å². The third-order valence-electron chi connectivity index (χ3n) is 14.9. The topological polar surface area (TPSA) is 196 Å². The number of nitrogens with zero attached hydrogens (tertiary/aromatic N) is 5. The number of likely N-dealkylation sites (N-methyl/N-ethyl adjacent to an activating group) is 2. The van der Waals surface area contributed by atoms with E-state index in [1.54, 1.807) is 44.3 Å². The highest BCUT2D eigenvalue weighted by molar-refractivity contribution is 5.98. The maximum Gasteiger partial charge on any atom is 0.324 e. The predicted molar refractivity (Wildman–Crippen MR) is 257 cm³/mol. The Morgan fingerprint density at radius 1 is 1.03 bits per heavy atom. The van der Waals surface area contributed by atoms with Crippen molar-refractivity contribution in [1.82, 2.24) is 35.9 Å². The van der Waals surface area contributed by atoms with E-state index in [4.69, 9.17) is 14.5 Å². The lowest BCUT2D eigenvalue weighted by molar-refractivity contribution is -0.156. The second-order valence-corrected chi connectivity index (χ2v) is 20.8. The number of pyridine rings is 1. The van der Waals surface area contributed by atoms with Gasteiger partial charge >= 0.3 is 5.97 Å². The number of aromatic hydroxyl groups is 1. The van der Waals surface area contributed by atoms with Crippen molar-refractivity contribution in [2.24, 2.45) is 11.3 Å². The summed E-state index contributed by atoms with van der Waals surface area (Å²) >= 11 is 0. The first-order valence-corrected chi connectivity index (χ1v) is 24.4. The first-order valence-electron chi connectivity index (χ1n) is 24.4. The summed E-state index contributed by atoms with van der Waals surface area (Å²) < 4.78 is 12.0. The number of methoxy groups -OCH3 is 1. The fourth-order valence-corrected chi connectivity index (χ4v) is 11.3. The molecule has 0 saturated carbocycles. The van der Waals surface area contributed by atoms with E-state index in [0.29, 0.717) is 50.8 Å². The minimum Gasteiger partial charge on any atom is -0.508 e. The molecule has 6 bridgehead atoms. The number of amides is 4. The molecular weight excluding hydrogens is 865 g/mol. The van der Waals surface area contributed by atoms with Crippen LogP contribution >= 0.6 is 0 Å². The van der Waals surface area contributed by atoms with Crippen LogP contribution in [0.25, 0.3) is 11.1 Å². The molecule has 68 heavy (non-hydrogen) atoms. The Balaban J connectivity index is 1.17. The number of cyclic esters (lactones) is 1. The summed E-state index contributed by atoms with van der Waals surface area (Å²) in [5, 5.41) is 18.9. The fraction of sp³-hybridized carbons (Fsp3) is 0.577. The fourth-order valence-electron chi connectivity index (χ4n) is 11.3. The van der Waals surface area contributed by atoms with E-state index >= 15 is 0 Å². The van der Waals surface area contributed by atoms with Crippen LogP contribution in [0, 0.1) is 11.3 Å². The number of phenolic OH excluding ortho intramolecular Hbond substituents is 1. The van der Waals surface area contributed by atoms with Crippen molar-refractivity contribution in [2.75, 3.05) is 51.8 Å². The number of aromatic nitrogens is 1. The Kier molecular flexibility index (Phi) is 14.0. The highest BCUT2D eigenvalue weighted by Gasteiger charge is 2.52. The summed E-state index contributed by atoms with van der Waals surface area (Å²) in [6.45, 7) is 16.0. The maximum atomic E-state index is 14.8. The molecule has 3 saturated heterocycles. The second kappa shape index (κ2) is 19.4. The maximum absolute atomic E-state index is 14.8. The van der Waals surface area contributed by atoms with Gasteiger partial charge in [0, 0.05) is 64.6 Å². The van der Waals surface area contributed by atoms with Gasteiger partial charge in [-0.05, 0) is 122 Å². The number of likely N-dealkylation sites (tertiary alicyclic amines) is 1. The van der Waals surface area contributed by atoms with Crippen molar-refractivity contribution in [3.05, 3.63) is 77.1 Å². The Morgan fingerprint density at radius 3 is 2.50 bits per heavy atom. The van der Waals surface area contributed by atoms with Crippen LogP contribution in [-0.2, 0) is 39.9 Å². The van der Waals surface area contributed by atoms with Crippen LogP contribution in [0.5, 0.6) is 5.75 Å². The van der Waals surface area contributed by atoms with Gasteiger partial charge in [0.05, 0.1) is 30.5 Å². The Morgan fingerprint density at radius 2 is 1.79 bits per heavy atom. The molecular formula is C52H70N8O8. The minimum absolute atomic E-state index is 0.00109. The van der Waals surface area contributed by atoms with Crippen LogP contribution in [0.4, 0.5) is 5.69 Å². The van der Waals surface area contributed by atoms with E-state index in [-0.39, 0.29) is 67.2 Å². The second-order valence-electron chi connectivity index (χ2n) is 20.8. The van der Waals surface area contributed by atoms with Crippen LogP contribution in [0.1, 0.15) is 121 Å². The van der Waals surface area contributed by atoms with Crippen LogP contribution in [-0.4, -0.2) is 131 Å². The monoisotopic (exact) mass is 935 g/mol. The average molecular weight is 935 g/mol. The molecule has 5 aliphatic rings. The molecule has 4 N–H and O–H groups in total. The summed E-state index contributed by atoms with van der Waals surface area (Å²) in [5.74, 6) is -2.37. The zero-order valence-electron chi connectivity index (χ0n) is 41.1. The van der Waals surface area contributed by atoms with Crippen molar-refractivity contribution in [1.29, 1.82) is 0 Å². The lowest BCUT2D eigenvalue weighted by atomic mass is 9.76. The lowest BCUT2D eigenvalue weighted by Crippen LogP contribution is -2.64. The van der Waals surface area contributed by atoms with E-state index in [1.807, 2.05) is 32.9 Å². The van der Waals surface area contributed by atoms with E-state index in [1.165, 1.54) is 9.91 Å². The standard InChI is InChI=1S/C52H70N8O8/c1-10-58-42-17-16-33-26-37(42)38(45(58)36-14-11-19-53-43(36)31(4)67-9)27-51(5,6)29-68-49(65)39-15-12-21-60(56-39)48(64)40(24-32-22-34(33)25-35(61)23-32)55-46(62)44(30(2)3)57(8)50(66)52(7)18-13-20-59(52)47(63)41-28-54-41/h11,14,16-17,19,22-23,25-26,30-31,38-41,44-45,54,56,61H,10,12-13,15,18,20-21,24,27-29H2,1-9H3,(H,55,62)/t31-,38?,39-,40-,41+,44+,45?,52+/m0/s1. The number of hydrazine groups is 1. The molecule has 8 atom stereocenters. The van der Waals surface area contributed by atoms with Gasteiger partial charge in [-0.2, -0.15) is 0 Å². The average Bonchev–Trinajstić information content (AvgIpc) is 4.03. The molecule has 4 amide bonds. The molecule has 3 fully saturated rings. The van der Waals surface area contributed by atoms with E-state index in [0.717, 1.165) is 40.2 Å². The van der Waals surface area contributed by atoms with Gasteiger partial charge < -0.3 is 39.9 Å². The number of hydrogen-bond acceptors (Lipinski definition) is 12. The number of benzene rings is 2. The predicted octanol–water partition coefficient (Wildman–Crippen LogP) is 5.16. The molecule has 2 unspecified atom stereocenters. The van der Waals surface area contributed by atoms with Crippen LogP contribution in [0.2, 0.25) is 0 Å². The molecule has 0 spiro atoms. The number of ether oxygens (including phenoxy) is 2. The number of hydrogen-bond donors (Lipinski definition) is 4. The largest absolute Gasteiger partial charge is 0.508 e. The first kappa shape index (κ1) is 48.9. The Hall–Kier alpha value is -5.58. The highest BCUT2D eigenvalue weighted by Crippen LogP contribution is 2.55. The number of anilines is 1. The quantitative estimate of drug-likeness (QED) is 0.154. The Bertz CT molecular complexity index is 2420. The number of phenols is 1. The van der Waals surface area contributed by atoms with Crippen LogP contribution in [0.3, 0.4) is 0 Å². The number of rotatable bonds is 10. The van der Waals surface area contributed by atoms with Crippen molar-refractivity contribution in [2.45, 2.75) is 135 Å². The van der Waals surface area contributed by atoms with Gasteiger partial charge in [-0.25, -0.2) is 5.43 Å². The smallest absolute Gasteiger partial charge is 0.324 e. The van der Waals surface area contributed by atoms with Crippen molar-refractivity contribution < 1.29 is 38.6 Å². The molecule has 366 valence electrons. The summed E-state index contributed by atoms with van der Waals surface area (Å²) in [4.78, 5) is 81.6. The number of carbonyl (C=O) groups is 5. The Labute approximate surface area is 400 Å². The van der Waals surface area contributed by atoms with E-state index < -0.39 is 46.9 Å². The van der Waals surface area contributed by atoms with Crippen molar-refractivity contribution >= 4 is 35.3 Å². The molecule has 16 heteroatoms. The number of carbonyl (C=O) groups excluding carboxylic acids is 5. The molecule has 2 aromatic carbocycles. The number of nitrogens with one attached hydrogen (secondary N) is 3. The molecule has 8 rings (SSSR count). The summed E-state index contributed by atoms with van der Waals surface area (Å²) in [7, 11) is 3.28. The van der Waals surface area contributed by atoms with Gasteiger partial charge in [0.2, 0.25) is 17.7 Å². The van der Waals surface area contributed by atoms with Crippen molar-refractivity contribution in [3.8, 4) is 16.9 Å². The third-order valence-corrected chi connectivity index (χ3v) is 14.9. The van der Waals surface area contributed by atoms with Gasteiger partial charge in [-0.15, -0.1) is 0 Å². The summed E-state index contributed by atoms with van der Waals surface area (Å²) in [6, 6.07) is 12.3. The van der Waals surface area contributed by atoms with Gasteiger partial charge in [-0.3, -0.25) is 34.0 Å². The molecule has 5 aliphatic heterocycles. The minimum atomic E-state index is -1.17. The van der Waals surface area contributed by atoms with Gasteiger partial charge in [-0.1, -0.05) is 45.9 Å². The van der Waals surface area contributed by atoms with Crippen LogP contribution in [0.15, 0.2) is 54.7 Å². The zero-order valence-corrected chi connectivity index (χ0v) is 41.1. The number of fused-ring (bicyclic) bond motifs is 6. The zero-order chi connectivity index (χ0) is 48.8. The number of esters is 1. The third kappa shape index (κ3) is 9.55. The van der Waals surface area contributed by atoms with Gasteiger partial charge in [0.25, 0.3) is 5.91 Å². The van der Waals surface area contributed by atoms with Crippen LogP contribution < -0.4 is 21.0 Å². The summed E-state index contributed by atoms with van der Waals surface area (Å²) in [5.41, 5.74) is 7.84. The molecule has 16 nitrogen and oxygen atoms in total. The lowest BCUT2D eigenvalue weighted by Gasteiger charge is -2.41. The molecule has 0 aliphatic carbocycles. The molecule has 0 radical (unpaired) electrons. The molecule has 1 aromatic heterocycles. The molecule has 6 heterocycles. The highest BCUT2D eigenvalue weighted by atomic mass is 16.5. The summed E-state index contributed by atoms with van der Waals surface area (Å²) in [6.07, 6.45) is 4.28. The van der Waals surface area contributed by atoms with Crippen molar-refractivity contribution in [3.63, 3.8) is 0 Å². The SMILES string of the molecule is CCN1c2ccc3cc2C(CC(C)(C)COC(=O)[C@@H]2CCCN(N2)C(=O)[C@@H](NC(=O)[C@@H](C(C)C)N(C)C(=O)[C@@]2(C)CCCN2C(=O)[C@H]2CN2)Cc2cc(O)cc-3c2)C1c1cccnc1[C@H](C)OC. The van der Waals surface area contributed by atoms with E-state index in [9.17, 15) is 29.1 Å². The van der Waals surface area contributed by atoms with E-state index in [2.05, 4.69) is 66.0 Å². The molecule has 3 aromatic rings. The van der Waals surface area contributed by atoms with Gasteiger partial charge in [0.15, 0.2) is 0 Å².